The molecule has 0 unspecified atom stereocenters. The first-order chi connectivity index (χ1) is 12.2. The number of hydrogen-bond donors (Lipinski definition) is 1. The van der Waals surface area contributed by atoms with Crippen LogP contribution in [0.15, 0.2) is 60.4 Å². The number of thiophene rings is 1. The molecule has 4 heterocycles. The SMILES string of the molecule is Cc1ccsc1[C@H]1[C@H](c2ccccn2)NC(=S)N1Cc1ccncc1. The van der Waals surface area contributed by atoms with Gasteiger partial charge in [0.25, 0.3) is 0 Å². The zero-order valence-corrected chi connectivity index (χ0v) is 15.4. The van der Waals surface area contributed by atoms with Crippen LogP contribution in [0.2, 0.25) is 0 Å². The highest BCUT2D eigenvalue weighted by Crippen LogP contribution is 2.42. The Morgan fingerprint density at radius 2 is 2.00 bits per heavy atom. The van der Waals surface area contributed by atoms with Crippen LogP contribution in [-0.4, -0.2) is 20.0 Å². The average molecular weight is 367 g/mol. The summed E-state index contributed by atoms with van der Waals surface area (Å²) >= 11 is 7.47. The number of aromatic nitrogens is 2. The molecule has 0 amide bonds. The summed E-state index contributed by atoms with van der Waals surface area (Å²) in [6.45, 7) is 2.91. The van der Waals surface area contributed by atoms with Crippen LogP contribution >= 0.6 is 23.6 Å². The number of aryl methyl sites for hydroxylation is 1. The van der Waals surface area contributed by atoms with Crippen molar-refractivity contribution in [2.24, 2.45) is 0 Å². The Labute approximate surface area is 156 Å². The Balaban J connectivity index is 1.74. The van der Waals surface area contributed by atoms with Gasteiger partial charge in [-0.05, 0) is 66.0 Å². The highest BCUT2D eigenvalue weighted by atomic mass is 32.1. The summed E-state index contributed by atoms with van der Waals surface area (Å²) < 4.78 is 0. The second kappa shape index (κ2) is 6.90. The summed E-state index contributed by atoms with van der Waals surface area (Å²) in [7, 11) is 0. The van der Waals surface area contributed by atoms with Crippen molar-refractivity contribution in [3.63, 3.8) is 0 Å². The summed E-state index contributed by atoms with van der Waals surface area (Å²) in [5.74, 6) is 0. The maximum Gasteiger partial charge on any atom is 0.170 e. The fourth-order valence-electron chi connectivity index (χ4n) is 3.23. The van der Waals surface area contributed by atoms with Crippen LogP contribution in [0.1, 0.15) is 33.8 Å². The van der Waals surface area contributed by atoms with Crippen LogP contribution < -0.4 is 5.32 Å². The molecule has 3 aromatic rings. The normalized spacial score (nSPS) is 19.9. The molecule has 1 aliphatic heterocycles. The van der Waals surface area contributed by atoms with E-state index in [-0.39, 0.29) is 12.1 Å². The summed E-state index contributed by atoms with van der Waals surface area (Å²) in [5.41, 5.74) is 3.50. The van der Waals surface area contributed by atoms with Crippen molar-refractivity contribution in [2.75, 3.05) is 0 Å². The Kier molecular flexibility index (Phi) is 4.46. The fourth-order valence-corrected chi connectivity index (χ4v) is 4.61. The van der Waals surface area contributed by atoms with Gasteiger partial charge in [0.05, 0.1) is 17.8 Å². The second-order valence-corrected chi connectivity index (χ2v) is 7.41. The van der Waals surface area contributed by atoms with E-state index >= 15 is 0 Å². The molecule has 25 heavy (non-hydrogen) atoms. The first-order valence-corrected chi connectivity index (χ1v) is 9.44. The number of nitrogens with one attached hydrogen (secondary N) is 1. The molecule has 0 radical (unpaired) electrons. The lowest BCUT2D eigenvalue weighted by Crippen LogP contribution is -2.29. The standard InChI is InChI=1S/C19H18N4S2/c1-13-7-11-25-18(13)17-16(15-4-2-3-8-21-15)22-19(24)23(17)12-14-5-9-20-10-6-14/h2-11,16-17H,12H2,1H3,(H,22,24)/t16-,17+/m0/s1. The zero-order valence-electron chi connectivity index (χ0n) is 13.8. The number of rotatable bonds is 4. The molecule has 0 aromatic carbocycles. The Hall–Kier alpha value is -2.31. The third-order valence-electron chi connectivity index (χ3n) is 4.47. The molecule has 0 aliphatic carbocycles. The molecular formula is C19H18N4S2. The first-order valence-electron chi connectivity index (χ1n) is 8.15. The molecule has 4 nitrogen and oxygen atoms in total. The van der Waals surface area contributed by atoms with E-state index in [1.54, 1.807) is 11.3 Å². The van der Waals surface area contributed by atoms with Crippen LogP contribution in [0.3, 0.4) is 0 Å². The van der Waals surface area contributed by atoms with Crippen LogP contribution in [0.4, 0.5) is 0 Å². The van der Waals surface area contributed by atoms with E-state index in [0.29, 0.717) is 0 Å². The minimum atomic E-state index is 0.0490. The lowest BCUT2D eigenvalue weighted by molar-refractivity contribution is 0.314. The molecule has 0 spiro atoms. The first kappa shape index (κ1) is 16.2. The number of thiocarbonyl (C=S) groups is 1. The van der Waals surface area contributed by atoms with Crippen molar-refractivity contribution >= 4 is 28.7 Å². The van der Waals surface area contributed by atoms with Crippen molar-refractivity contribution in [2.45, 2.75) is 25.6 Å². The predicted molar refractivity (Wildman–Crippen MR) is 104 cm³/mol. The van der Waals surface area contributed by atoms with Crippen molar-refractivity contribution in [3.8, 4) is 0 Å². The largest absolute Gasteiger partial charge is 0.352 e. The van der Waals surface area contributed by atoms with Crippen LogP contribution in [0.25, 0.3) is 0 Å². The predicted octanol–water partition coefficient (Wildman–Crippen LogP) is 4.02. The van der Waals surface area contributed by atoms with Crippen molar-refractivity contribution < 1.29 is 0 Å². The van der Waals surface area contributed by atoms with Crippen molar-refractivity contribution in [1.82, 2.24) is 20.2 Å². The minimum Gasteiger partial charge on any atom is -0.352 e. The van der Waals surface area contributed by atoms with Gasteiger partial charge in [-0.1, -0.05) is 6.07 Å². The van der Waals surface area contributed by atoms with Crippen molar-refractivity contribution in [1.29, 1.82) is 0 Å². The summed E-state index contributed by atoms with van der Waals surface area (Å²) in [6.07, 6.45) is 5.48. The van der Waals surface area contributed by atoms with Gasteiger partial charge >= 0.3 is 0 Å². The van der Waals surface area contributed by atoms with E-state index in [0.717, 1.165) is 17.4 Å². The number of hydrogen-bond acceptors (Lipinski definition) is 4. The molecule has 1 saturated heterocycles. The van der Waals surface area contributed by atoms with Gasteiger partial charge in [-0.15, -0.1) is 11.3 Å². The maximum atomic E-state index is 5.69. The third-order valence-corrected chi connectivity index (χ3v) is 5.91. The molecule has 1 aliphatic rings. The Morgan fingerprint density at radius 3 is 2.68 bits per heavy atom. The second-order valence-electron chi connectivity index (χ2n) is 6.08. The van der Waals surface area contributed by atoms with Gasteiger partial charge in [-0.3, -0.25) is 9.97 Å². The smallest absolute Gasteiger partial charge is 0.170 e. The Bertz CT molecular complexity index is 863. The topological polar surface area (TPSA) is 41.1 Å². The molecule has 4 rings (SSSR count). The molecule has 2 atom stereocenters. The molecule has 0 bridgehead atoms. The van der Waals surface area contributed by atoms with E-state index in [2.05, 4.69) is 44.6 Å². The average Bonchev–Trinajstić information content (AvgIpc) is 3.20. The lowest BCUT2D eigenvalue weighted by Gasteiger charge is -2.27. The molecule has 0 saturated carbocycles. The highest BCUT2D eigenvalue weighted by molar-refractivity contribution is 7.80. The number of pyridine rings is 2. The van der Waals surface area contributed by atoms with Crippen LogP contribution in [0, 0.1) is 6.92 Å². The number of nitrogens with zero attached hydrogens (tertiary/aromatic N) is 3. The van der Waals surface area contributed by atoms with E-state index < -0.39 is 0 Å². The Morgan fingerprint density at radius 1 is 1.16 bits per heavy atom. The quantitative estimate of drug-likeness (QED) is 0.706. The monoisotopic (exact) mass is 366 g/mol. The molecule has 1 N–H and O–H groups in total. The van der Waals surface area contributed by atoms with Gasteiger partial charge in [0.1, 0.15) is 0 Å². The molecule has 126 valence electrons. The molecule has 3 aromatic heterocycles. The lowest BCUT2D eigenvalue weighted by atomic mass is 10.0. The van der Waals surface area contributed by atoms with E-state index in [9.17, 15) is 0 Å². The fraction of sp³-hybridized carbons (Fsp3) is 0.211. The van der Waals surface area contributed by atoms with Gasteiger partial charge in [0.2, 0.25) is 0 Å². The molecule has 6 heteroatoms. The van der Waals surface area contributed by atoms with Gasteiger partial charge in [0, 0.05) is 30.0 Å². The van der Waals surface area contributed by atoms with Crippen LogP contribution in [0.5, 0.6) is 0 Å². The minimum absolute atomic E-state index is 0.0490. The summed E-state index contributed by atoms with van der Waals surface area (Å²) in [4.78, 5) is 12.3. The van der Waals surface area contributed by atoms with Crippen LogP contribution in [-0.2, 0) is 6.54 Å². The van der Waals surface area contributed by atoms with E-state index in [1.165, 1.54) is 16.0 Å². The van der Waals surface area contributed by atoms with E-state index in [1.807, 2.05) is 42.9 Å². The zero-order chi connectivity index (χ0) is 17.2. The summed E-state index contributed by atoms with van der Waals surface area (Å²) in [6, 6.07) is 12.5. The van der Waals surface area contributed by atoms with Gasteiger partial charge < -0.3 is 10.2 Å². The maximum absolute atomic E-state index is 5.69. The van der Waals surface area contributed by atoms with E-state index in [4.69, 9.17) is 12.2 Å². The summed E-state index contributed by atoms with van der Waals surface area (Å²) in [5, 5.41) is 6.41. The molecule has 1 fully saturated rings. The highest BCUT2D eigenvalue weighted by Gasteiger charge is 2.40. The van der Waals surface area contributed by atoms with Gasteiger partial charge in [0.15, 0.2) is 5.11 Å². The molecular weight excluding hydrogens is 348 g/mol. The third kappa shape index (κ3) is 3.15. The van der Waals surface area contributed by atoms with Gasteiger partial charge in [-0.25, -0.2) is 0 Å². The van der Waals surface area contributed by atoms with Gasteiger partial charge in [-0.2, -0.15) is 0 Å². The van der Waals surface area contributed by atoms with Crippen molar-refractivity contribution in [3.05, 3.63) is 82.1 Å².